The maximum Gasteiger partial charge on any atom is 0.323 e. The SMILES string of the molecule is O=C(Nc1cc(Cl)c(-c2ccc3nonc3c2)cn1)N1C2CCC1[C@H](F)c1c2ccnc1F. The highest BCUT2D eigenvalue weighted by atomic mass is 35.5. The van der Waals surface area contributed by atoms with E-state index in [1.807, 2.05) is 6.07 Å². The zero-order valence-electron chi connectivity index (χ0n) is 16.9. The van der Waals surface area contributed by atoms with Crippen LogP contribution in [0.25, 0.3) is 22.2 Å². The molecule has 1 saturated heterocycles. The number of hydrogen-bond donors (Lipinski definition) is 1. The summed E-state index contributed by atoms with van der Waals surface area (Å²) in [7, 11) is 0. The van der Waals surface area contributed by atoms with Crippen molar-refractivity contribution in [3.05, 3.63) is 64.8 Å². The molecule has 4 aromatic rings. The number of halogens is 3. The first-order valence-electron chi connectivity index (χ1n) is 10.3. The summed E-state index contributed by atoms with van der Waals surface area (Å²) in [6.07, 6.45) is 2.16. The van der Waals surface area contributed by atoms with Crippen LogP contribution in [-0.4, -0.2) is 37.3 Å². The lowest BCUT2D eigenvalue weighted by molar-refractivity contribution is 0.120. The number of rotatable bonds is 2. The highest BCUT2D eigenvalue weighted by molar-refractivity contribution is 6.33. The molecule has 0 radical (unpaired) electrons. The largest absolute Gasteiger partial charge is 0.323 e. The van der Waals surface area contributed by atoms with E-state index in [0.717, 1.165) is 5.56 Å². The Morgan fingerprint density at radius 2 is 2.00 bits per heavy atom. The smallest absolute Gasteiger partial charge is 0.311 e. The number of nitrogens with one attached hydrogen (secondary N) is 1. The Labute approximate surface area is 190 Å². The fourth-order valence-corrected chi connectivity index (χ4v) is 5.04. The van der Waals surface area contributed by atoms with Crippen LogP contribution in [0.15, 0.2) is 47.4 Å². The highest BCUT2D eigenvalue weighted by Gasteiger charge is 2.49. The van der Waals surface area contributed by atoms with Crippen LogP contribution in [0.3, 0.4) is 0 Å². The number of anilines is 1. The van der Waals surface area contributed by atoms with E-state index in [9.17, 15) is 9.18 Å². The number of benzene rings is 1. The standard InChI is InChI=1S/C22H15ClF2N6O2/c23-13-8-18(27-9-12(13)10-1-2-14-15(7-10)30-33-29-14)28-22(32)31-16-3-4-17(31)20(24)19-11(16)5-6-26-21(19)25/h1-2,5-9,16-17,20H,3-4H2,(H,27,28,32)/t16?,17?,20-/m0/s1. The van der Waals surface area contributed by atoms with Crippen LogP contribution in [0.5, 0.6) is 0 Å². The van der Waals surface area contributed by atoms with Crippen LogP contribution in [0, 0.1) is 5.95 Å². The normalized spacial score (nSPS) is 21.3. The molecule has 3 aromatic heterocycles. The van der Waals surface area contributed by atoms with Crippen LogP contribution < -0.4 is 5.32 Å². The summed E-state index contributed by atoms with van der Waals surface area (Å²) >= 11 is 6.46. The molecular formula is C22H15ClF2N6O2. The maximum atomic E-state index is 15.1. The lowest BCUT2D eigenvalue weighted by atomic mass is 9.93. The first-order chi connectivity index (χ1) is 16.0. The summed E-state index contributed by atoms with van der Waals surface area (Å²) in [6, 6.07) is 6.73. The van der Waals surface area contributed by atoms with Gasteiger partial charge in [0.15, 0.2) is 6.17 Å². The first-order valence-corrected chi connectivity index (χ1v) is 10.6. The van der Waals surface area contributed by atoms with Crippen molar-refractivity contribution in [2.45, 2.75) is 31.1 Å². The second kappa shape index (κ2) is 7.45. The molecule has 0 saturated carbocycles. The number of nitrogens with zero attached hydrogens (tertiary/aromatic N) is 5. The minimum absolute atomic E-state index is 0.0427. The molecule has 1 N–H and O–H groups in total. The van der Waals surface area contributed by atoms with E-state index in [1.54, 1.807) is 18.2 Å². The van der Waals surface area contributed by atoms with Gasteiger partial charge in [-0.05, 0) is 52.5 Å². The van der Waals surface area contributed by atoms with E-state index < -0.39 is 30.2 Å². The number of fused-ring (bicyclic) bond motifs is 5. The van der Waals surface area contributed by atoms with Gasteiger partial charge < -0.3 is 4.90 Å². The monoisotopic (exact) mass is 468 g/mol. The Bertz CT molecular complexity index is 1410. The molecule has 33 heavy (non-hydrogen) atoms. The fraction of sp³-hybridized carbons (Fsp3) is 0.227. The third-order valence-corrected chi connectivity index (χ3v) is 6.58. The molecular weight excluding hydrogens is 454 g/mol. The van der Waals surface area contributed by atoms with Gasteiger partial charge in [-0.1, -0.05) is 17.7 Å². The number of amides is 2. The van der Waals surface area contributed by atoms with Gasteiger partial charge in [-0.15, -0.1) is 0 Å². The van der Waals surface area contributed by atoms with Gasteiger partial charge in [-0.3, -0.25) is 5.32 Å². The average Bonchev–Trinajstić information content (AvgIpc) is 3.42. The molecule has 0 aliphatic carbocycles. The quantitative estimate of drug-likeness (QED) is 0.404. The van der Waals surface area contributed by atoms with Crippen molar-refractivity contribution in [3.63, 3.8) is 0 Å². The van der Waals surface area contributed by atoms with Gasteiger partial charge in [-0.2, -0.15) is 4.39 Å². The molecule has 8 nitrogen and oxygen atoms in total. The van der Waals surface area contributed by atoms with Gasteiger partial charge >= 0.3 is 6.03 Å². The lowest BCUT2D eigenvalue weighted by Gasteiger charge is -2.38. The van der Waals surface area contributed by atoms with E-state index >= 15 is 4.39 Å². The number of carbonyl (C=O) groups is 1. The van der Waals surface area contributed by atoms with E-state index in [0.29, 0.717) is 40.0 Å². The van der Waals surface area contributed by atoms with Crippen LogP contribution in [0.2, 0.25) is 5.02 Å². The van der Waals surface area contributed by atoms with Gasteiger partial charge in [0, 0.05) is 29.6 Å². The first kappa shape index (κ1) is 20.0. The molecule has 2 bridgehead atoms. The summed E-state index contributed by atoms with van der Waals surface area (Å²) in [5.41, 5.74) is 3.01. The maximum absolute atomic E-state index is 15.1. The summed E-state index contributed by atoms with van der Waals surface area (Å²) in [4.78, 5) is 22.4. The van der Waals surface area contributed by atoms with E-state index in [1.165, 1.54) is 23.4 Å². The van der Waals surface area contributed by atoms with Gasteiger partial charge in [0.2, 0.25) is 5.95 Å². The molecule has 166 valence electrons. The number of urea groups is 1. The van der Waals surface area contributed by atoms with Gasteiger partial charge in [0.25, 0.3) is 0 Å². The fourth-order valence-electron chi connectivity index (χ4n) is 4.78. The summed E-state index contributed by atoms with van der Waals surface area (Å²) in [5, 5.41) is 10.7. The zero-order chi connectivity index (χ0) is 22.7. The Kier molecular flexibility index (Phi) is 4.51. The Morgan fingerprint density at radius 3 is 2.85 bits per heavy atom. The lowest BCUT2D eigenvalue weighted by Crippen LogP contribution is -2.45. The number of aromatic nitrogens is 4. The molecule has 2 aliphatic heterocycles. The second-order valence-electron chi connectivity index (χ2n) is 8.02. The van der Waals surface area contributed by atoms with Crippen molar-refractivity contribution in [1.82, 2.24) is 25.2 Å². The molecule has 1 aromatic carbocycles. The summed E-state index contributed by atoms with van der Waals surface area (Å²) < 4.78 is 34.0. The van der Waals surface area contributed by atoms with Crippen molar-refractivity contribution in [3.8, 4) is 11.1 Å². The predicted octanol–water partition coefficient (Wildman–Crippen LogP) is 5.23. The average molecular weight is 469 g/mol. The molecule has 11 heteroatoms. The zero-order valence-corrected chi connectivity index (χ0v) is 17.6. The third-order valence-electron chi connectivity index (χ3n) is 6.26. The van der Waals surface area contributed by atoms with Crippen molar-refractivity contribution in [1.29, 1.82) is 0 Å². The van der Waals surface area contributed by atoms with E-state index in [4.69, 9.17) is 16.2 Å². The van der Waals surface area contributed by atoms with Crippen molar-refractivity contribution in [2.24, 2.45) is 0 Å². The van der Waals surface area contributed by atoms with Crippen molar-refractivity contribution in [2.75, 3.05) is 5.32 Å². The van der Waals surface area contributed by atoms with Gasteiger partial charge in [0.05, 0.1) is 17.1 Å². The molecule has 2 unspecified atom stereocenters. The van der Waals surface area contributed by atoms with Crippen LogP contribution >= 0.6 is 11.6 Å². The number of carbonyl (C=O) groups excluding carboxylic acids is 1. The Balaban J connectivity index is 1.26. The Morgan fingerprint density at radius 1 is 1.15 bits per heavy atom. The topological polar surface area (TPSA) is 97.0 Å². The second-order valence-corrected chi connectivity index (χ2v) is 8.43. The minimum atomic E-state index is -1.64. The molecule has 3 atom stereocenters. The van der Waals surface area contributed by atoms with Gasteiger partial charge in [-0.25, -0.2) is 23.8 Å². The predicted molar refractivity (Wildman–Crippen MR) is 115 cm³/mol. The van der Waals surface area contributed by atoms with Crippen molar-refractivity contribution < 1.29 is 18.2 Å². The number of alkyl halides is 1. The molecule has 1 fully saturated rings. The molecule has 0 spiro atoms. The van der Waals surface area contributed by atoms with Crippen LogP contribution in [-0.2, 0) is 0 Å². The molecule has 2 aliphatic rings. The molecule has 6 rings (SSSR count). The van der Waals surface area contributed by atoms with E-state index in [-0.39, 0.29) is 11.4 Å². The molecule has 2 amide bonds. The number of pyridine rings is 2. The van der Waals surface area contributed by atoms with E-state index in [2.05, 4.69) is 25.6 Å². The third kappa shape index (κ3) is 3.12. The Hall–Kier alpha value is -3.66. The van der Waals surface area contributed by atoms with Crippen LogP contribution in [0.4, 0.5) is 19.4 Å². The van der Waals surface area contributed by atoms with Crippen LogP contribution in [0.1, 0.15) is 36.2 Å². The highest BCUT2D eigenvalue weighted by Crippen LogP contribution is 2.50. The van der Waals surface area contributed by atoms with Gasteiger partial charge in [0.1, 0.15) is 16.9 Å². The summed E-state index contributed by atoms with van der Waals surface area (Å²) in [6.45, 7) is 0. The summed E-state index contributed by atoms with van der Waals surface area (Å²) in [5.74, 6) is -0.597. The number of hydrogen-bond acceptors (Lipinski definition) is 6. The van der Waals surface area contributed by atoms with Crippen molar-refractivity contribution >= 4 is 34.5 Å². The molecule has 5 heterocycles. The minimum Gasteiger partial charge on any atom is -0.311 e.